The Morgan fingerprint density at radius 3 is 2.50 bits per heavy atom. The second kappa shape index (κ2) is 8.15. The van der Waals surface area contributed by atoms with E-state index >= 15 is 0 Å². The molecule has 0 bridgehead atoms. The van der Waals surface area contributed by atoms with E-state index in [-0.39, 0.29) is 17.5 Å². The summed E-state index contributed by atoms with van der Waals surface area (Å²) in [7, 11) is 0. The molecule has 4 aliphatic carbocycles. The van der Waals surface area contributed by atoms with Gasteiger partial charge in [0.1, 0.15) is 6.10 Å². The van der Waals surface area contributed by atoms with Crippen LogP contribution in [-0.2, 0) is 16.0 Å². The summed E-state index contributed by atoms with van der Waals surface area (Å²) in [6, 6.07) is 10.7. The first kappa shape index (κ1) is 22.4. The Balaban J connectivity index is 1.31. The van der Waals surface area contributed by atoms with Crippen LogP contribution in [0.2, 0.25) is 0 Å². The van der Waals surface area contributed by atoms with E-state index in [9.17, 15) is 9.90 Å². The van der Waals surface area contributed by atoms with Gasteiger partial charge in [-0.25, -0.2) is 0 Å². The molecular weight excluding hydrogens is 396 g/mol. The van der Waals surface area contributed by atoms with Crippen LogP contribution in [0.25, 0.3) is 0 Å². The summed E-state index contributed by atoms with van der Waals surface area (Å²) in [5.41, 5.74) is 1.26. The lowest BCUT2D eigenvalue weighted by molar-refractivity contribution is -0.170. The zero-order chi connectivity index (χ0) is 22.6. The second-order valence-electron chi connectivity index (χ2n) is 12.2. The molecule has 8 atom stereocenters. The highest BCUT2D eigenvalue weighted by atomic mass is 16.5. The fourth-order valence-corrected chi connectivity index (χ4v) is 9.08. The van der Waals surface area contributed by atoms with Crippen molar-refractivity contribution in [2.45, 2.75) is 103 Å². The van der Waals surface area contributed by atoms with E-state index in [4.69, 9.17) is 4.74 Å². The molecule has 176 valence electrons. The monoisotopic (exact) mass is 438 g/mol. The summed E-state index contributed by atoms with van der Waals surface area (Å²) in [5, 5.41) is 12.0. The third kappa shape index (κ3) is 3.54. The van der Waals surface area contributed by atoms with E-state index in [1.807, 2.05) is 0 Å². The third-order valence-corrected chi connectivity index (χ3v) is 10.9. The minimum atomic E-state index is -0.525. The molecule has 0 heterocycles. The Labute approximate surface area is 194 Å². The van der Waals surface area contributed by atoms with Crippen molar-refractivity contribution >= 4 is 5.97 Å². The molecule has 0 radical (unpaired) electrons. The molecule has 0 spiro atoms. The Hall–Kier alpha value is -1.35. The second-order valence-corrected chi connectivity index (χ2v) is 12.2. The van der Waals surface area contributed by atoms with E-state index < -0.39 is 5.60 Å². The van der Waals surface area contributed by atoms with Gasteiger partial charge < -0.3 is 9.84 Å². The number of ether oxygens (including phenoxy) is 1. The van der Waals surface area contributed by atoms with Crippen LogP contribution in [-0.4, -0.2) is 22.8 Å². The van der Waals surface area contributed by atoms with Gasteiger partial charge in [0, 0.05) is 6.92 Å². The smallest absolute Gasteiger partial charge is 0.302 e. The predicted octanol–water partition coefficient (Wildman–Crippen LogP) is 6.32. The Bertz CT molecular complexity index is 836. The molecule has 3 nitrogen and oxygen atoms in total. The number of carbonyl (C=O) groups is 1. The summed E-state index contributed by atoms with van der Waals surface area (Å²) in [4.78, 5) is 11.5. The van der Waals surface area contributed by atoms with Crippen molar-refractivity contribution in [2.75, 3.05) is 0 Å². The lowest BCUT2D eigenvalue weighted by Crippen LogP contribution is -2.57. The van der Waals surface area contributed by atoms with Crippen molar-refractivity contribution in [3.05, 3.63) is 35.9 Å². The Kier molecular flexibility index (Phi) is 5.72. The van der Waals surface area contributed by atoms with Gasteiger partial charge in [-0.2, -0.15) is 0 Å². The molecule has 3 heteroatoms. The molecule has 0 aromatic heterocycles. The molecule has 4 aliphatic rings. The molecule has 1 aromatic carbocycles. The number of hydrogen-bond acceptors (Lipinski definition) is 3. The van der Waals surface area contributed by atoms with Gasteiger partial charge in [0.15, 0.2) is 0 Å². The van der Waals surface area contributed by atoms with E-state index in [0.29, 0.717) is 17.3 Å². The van der Waals surface area contributed by atoms with Gasteiger partial charge in [-0.05, 0) is 111 Å². The fourth-order valence-electron chi connectivity index (χ4n) is 9.08. The maximum Gasteiger partial charge on any atom is 0.302 e. The van der Waals surface area contributed by atoms with Gasteiger partial charge in [-0.15, -0.1) is 0 Å². The molecule has 32 heavy (non-hydrogen) atoms. The van der Waals surface area contributed by atoms with Gasteiger partial charge in [0.25, 0.3) is 0 Å². The third-order valence-electron chi connectivity index (χ3n) is 10.9. The molecule has 0 aliphatic heterocycles. The van der Waals surface area contributed by atoms with Crippen molar-refractivity contribution in [2.24, 2.45) is 34.5 Å². The minimum absolute atomic E-state index is 0.0566. The predicted molar refractivity (Wildman–Crippen MR) is 127 cm³/mol. The number of fused-ring (bicyclic) bond motifs is 5. The van der Waals surface area contributed by atoms with Crippen LogP contribution < -0.4 is 0 Å². The maximum atomic E-state index is 12.0. The lowest BCUT2D eigenvalue weighted by Gasteiger charge is -2.61. The van der Waals surface area contributed by atoms with Crippen molar-refractivity contribution in [1.82, 2.24) is 0 Å². The van der Waals surface area contributed by atoms with Crippen LogP contribution in [0.1, 0.15) is 90.5 Å². The topological polar surface area (TPSA) is 46.5 Å². The highest BCUT2D eigenvalue weighted by Crippen LogP contribution is 2.68. The summed E-state index contributed by atoms with van der Waals surface area (Å²) >= 11 is 0. The summed E-state index contributed by atoms with van der Waals surface area (Å²) < 4.78 is 5.63. The van der Waals surface area contributed by atoms with E-state index in [1.165, 1.54) is 44.1 Å². The molecule has 0 saturated heterocycles. The van der Waals surface area contributed by atoms with Crippen LogP contribution in [0.5, 0.6) is 0 Å². The first-order valence-electron chi connectivity index (χ1n) is 13.2. The number of aryl methyl sites for hydroxylation is 1. The van der Waals surface area contributed by atoms with Crippen LogP contribution in [0.3, 0.4) is 0 Å². The van der Waals surface area contributed by atoms with Gasteiger partial charge in [-0.3, -0.25) is 4.79 Å². The molecule has 4 fully saturated rings. The lowest BCUT2D eigenvalue weighted by atomic mass is 9.44. The summed E-state index contributed by atoms with van der Waals surface area (Å²) in [5.74, 6) is 2.75. The Morgan fingerprint density at radius 1 is 1.00 bits per heavy atom. The molecule has 1 aromatic rings. The van der Waals surface area contributed by atoms with Crippen molar-refractivity contribution in [3.63, 3.8) is 0 Å². The standard InChI is InChI=1S/C29H42O3/c1-20(30)32-23-12-15-27(2)22(19-23)9-10-24-25(27)13-16-28(3)26(24)14-18-29(28,31)17-11-21-7-5-4-6-8-21/h4-8,22-26,31H,9-19H2,1-3H3/t22?,23?,24?,25?,26?,27?,28?,29-/m0/s1. The van der Waals surface area contributed by atoms with E-state index in [0.717, 1.165) is 43.9 Å². The molecule has 5 rings (SSSR count). The minimum Gasteiger partial charge on any atom is -0.463 e. The molecule has 4 saturated carbocycles. The van der Waals surface area contributed by atoms with Crippen LogP contribution in [0.15, 0.2) is 30.3 Å². The number of esters is 1. The first-order chi connectivity index (χ1) is 15.3. The van der Waals surface area contributed by atoms with Gasteiger partial charge in [0.2, 0.25) is 0 Å². The number of hydrogen-bond donors (Lipinski definition) is 1. The fraction of sp³-hybridized carbons (Fsp3) is 0.759. The average molecular weight is 439 g/mol. The Morgan fingerprint density at radius 2 is 1.75 bits per heavy atom. The SMILES string of the molecule is CC(=O)OC1CCC2(C)C(CCC3C2CCC2(C)C3CC[C@@]2(O)CCc2ccccc2)C1. The van der Waals surface area contributed by atoms with Gasteiger partial charge in [0.05, 0.1) is 5.60 Å². The van der Waals surface area contributed by atoms with Crippen molar-refractivity contribution in [3.8, 4) is 0 Å². The van der Waals surface area contributed by atoms with E-state index in [1.54, 1.807) is 6.92 Å². The van der Waals surface area contributed by atoms with Crippen molar-refractivity contribution < 1.29 is 14.6 Å². The zero-order valence-electron chi connectivity index (χ0n) is 20.3. The van der Waals surface area contributed by atoms with Crippen LogP contribution in [0, 0.1) is 34.5 Å². The number of rotatable bonds is 4. The van der Waals surface area contributed by atoms with Crippen molar-refractivity contribution in [1.29, 1.82) is 0 Å². The zero-order valence-corrected chi connectivity index (χ0v) is 20.3. The summed E-state index contributed by atoms with van der Waals surface area (Å²) in [6.45, 7) is 6.53. The molecular formula is C29H42O3. The quantitative estimate of drug-likeness (QED) is 0.559. The molecule has 0 amide bonds. The summed E-state index contributed by atoms with van der Waals surface area (Å²) in [6.07, 6.45) is 12.4. The number of benzene rings is 1. The number of carbonyl (C=O) groups excluding carboxylic acids is 1. The van der Waals surface area contributed by atoms with E-state index in [2.05, 4.69) is 44.2 Å². The largest absolute Gasteiger partial charge is 0.463 e. The first-order valence-corrected chi connectivity index (χ1v) is 13.2. The van der Waals surface area contributed by atoms with Crippen LogP contribution in [0.4, 0.5) is 0 Å². The van der Waals surface area contributed by atoms with Gasteiger partial charge >= 0.3 is 5.97 Å². The molecule has 1 N–H and O–H groups in total. The normalized spacial score (nSPS) is 45.4. The van der Waals surface area contributed by atoms with Crippen LogP contribution >= 0.6 is 0 Å². The number of aliphatic hydroxyl groups is 1. The highest BCUT2D eigenvalue weighted by Gasteiger charge is 2.64. The highest BCUT2D eigenvalue weighted by molar-refractivity contribution is 5.66. The average Bonchev–Trinajstić information content (AvgIpc) is 3.04. The van der Waals surface area contributed by atoms with Gasteiger partial charge in [-0.1, -0.05) is 44.2 Å². The maximum absolute atomic E-state index is 12.0. The molecule has 7 unspecified atom stereocenters.